The van der Waals surface area contributed by atoms with E-state index in [-0.39, 0.29) is 17.9 Å². The summed E-state index contributed by atoms with van der Waals surface area (Å²) >= 11 is 0. The lowest BCUT2D eigenvalue weighted by molar-refractivity contribution is -0.127. The third-order valence-electron chi connectivity index (χ3n) is 5.48. The molecular formula is C22H29N3O. The molecule has 0 saturated carbocycles. The molecule has 0 bridgehead atoms. The zero-order chi connectivity index (χ0) is 18.5. The maximum absolute atomic E-state index is 12.7. The van der Waals surface area contributed by atoms with Gasteiger partial charge in [-0.25, -0.2) is 0 Å². The first-order valence-corrected chi connectivity index (χ1v) is 9.51. The van der Waals surface area contributed by atoms with Crippen molar-refractivity contribution < 1.29 is 4.79 Å². The molecule has 0 aliphatic carbocycles. The summed E-state index contributed by atoms with van der Waals surface area (Å²) in [6, 6.07) is 10.6. The minimum absolute atomic E-state index is 0.0511. The van der Waals surface area contributed by atoms with Crippen LogP contribution in [-0.2, 0) is 11.3 Å². The highest BCUT2D eigenvalue weighted by Crippen LogP contribution is 2.22. The number of nitrogens with one attached hydrogen (secondary N) is 1. The summed E-state index contributed by atoms with van der Waals surface area (Å²) < 4.78 is 0. The van der Waals surface area contributed by atoms with E-state index in [9.17, 15) is 4.79 Å². The van der Waals surface area contributed by atoms with E-state index in [1.807, 2.05) is 12.3 Å². The maximum Gasteiger partial charge on any atom is 0.223 e. The molecule has 1 amide bonds. The number of amides is 1. The Morgan fingerprint density at radius 1 is 1.23 bits per heavy atom. The number of carbonyl (C=O) groups is 1. The van der Waals surface area contributed by atoms with Gasteiger partial charge in [-0.05, 0) is 75.0 Å². The van der Waals surface area contributed by atoms with Crippen LogP contribution in [0.1, 0.15) is 48.1 Å². The first kappa shape index (κ1) is 18.6. The number of hydrogen-bond donors (Lipinski definition) is 1. The standard InChI is InChI=1S/C22H29N3O/c1-16-6-7-21(13-17(16)2)18(3)24-22(26)20-8-11-25(12-9-20)15-19-5-4-10-23-14-19/h4-7,10,13-14,18,20H,8-9,11-12,15H2,1-3H3,(H,24,26). The van der Waals surface area contributed by atoms with Crippen LogP contribution in [0.5, 0.6) is 0 Å². The van der Waals surface area contributed by atoms with E-state index in [1.165, 1.54) is 22.3 Å². The summed E-state index contributed by atoms with van der Waals surface area (Å²) in [4.78, 5) is 19.2. The van der Waals surface area contributed by atoms with E-state index in [0.29, 0.717) is 0 Å². The quantitative estimate of drug-likeness (QED) is 0.891. The molecule has 1 atom stereocenters. The lowest BCUT2D eigenvalue weighted by Crippen LogP contribution is -2.40. The average molecular weight is 351 g/mol. The summed E-state index contributed by atoms with van der Waals surface area (Å²) in [6.07, 6.45) is 5.57. The molecule has 3 rings (SSSR count). The number of aryl methyl sites for hydroxylation is 2. The van der Waals surface area contributed by atoms with E-state index in [1.54, 1.807) is 6.20 Å². The minimum atomic E-state index is 0.0511. The van der Waals surface area contributed by atoms with Gasteiger partial charge < -0.3 is 5.32 Å². The summed E-state index contributed by atoms with van der Waals surface area (Å²) in [7, 11) is 0. The summed E-state index contributed by atoms with van der Waals surface area (Å²) in [6.45, 7) is 9.14. The van der Waals surface area contributed by atoms with Crippen molar-refractivity contribution in [3.63, 3.8) is 0 Å². The number of hydrogen-bond acceptors (Lipinski definition) is 3. The van der Waals surface area contributed by atoms with Gasteiger partial charge >= 0.3 is 0 Å². The van der Waals surface area contributed by atoms with Gasteiger partial charge in [0, 0.05) is 24.9 Å². The van der Waals surface area contributed by atoms with Crippen molar-refractivity contribution in [1.82, 2.24) is 15.2 Å². The number of likely N-dealkylation sites (tertiary alicyclic amines) is 1. The second kappa shape index (κ2) is 8.45. The molecule has 0 spiro atoms. The molecule has 1 aromatic carbocycles. The van der Waals surface area contributed by atoms with Crippen molar-refractivity contribution in [2.45, 2.75) is 46.2 Å². The number of piperidine rings is 1. The molecule has 2 aromatic rings. The van der Waals surface area contributed by atoms with Gasteiger partial charge in [0.1, 0.15) is 0 Å². The van der Waals surface area contributed by atoms with Crippen LogP contribution < -0.4 is 5.32 Å². The topological polar surface area (TPSA) is 45.2 Å². The first-order chi connectivity index (χ1) is 12.5. The van der Waals surface area contributed by atoms with Crippen molar-refractivity contribution >= 4 is 5.91 Å². The Morgan fingerprint density at radius 2 is 2.00 bits per heavy atom. The number of pyridine rings is 1. The van der Waals surface area contributed by atoms with Gasteiger partial charge in [-0.15, -0.1) is 0 Å². The number of nitrogens with zero attached hydrogens (tertiary/aromatic N) is 2. The second-order valence-corrected chi connectivity index (χ2v) is 7.49. The molecule has 1 aliphatic rings. The molecule has 1 aliphatic heterocycles. The molecule has 26 heavy (non-hydrogen) atoms. The molecule has 2 heterocycles. The number of aromatic nitrogens is 1. The van der Waals surface area contributed by atoms with Crippen LogP contribution in [0.4, 0.5) is 0 Å². The minimum Gasteiger partial charge on any atom is -0.349 e. The largest absolute Gasteiger partial charge is 0.349 e. The molecular weight excluding hydrogens is 322 g/mol. The first-order valence-electron chi connectivity index (χ1n) is 9.51. The second-order valence-electron chi connectivity index (χ2n) is 7.49. The van der Waals surface area contributed by atoms with Crippen LogP contribution in [0.25, 0.3) is 0 Å². The Labute approximate surface area is 156 Å². The third-order valence-corrected chi connectivity index (χ3v) is 5.48. The van der Waals surface area contributed by atoms with Crippen LogP contribution in [0, 0.1) is 19.8 Å². The van der Waals surface area contributed by atoms with E-state index in [4.69, 9.17) is 0 Å². The van der Waals surface area contributed by atoms with Crippen LogP contribution in [0.2, 0.25) is 0 Å². The van der Waals surface area contributed by atoms with E-state index in [2.05, 4.69) is 60.2 Å². The molecule has 1 unspecified atom stereocenters. The van der Waals surface area contributed by atoms with Crippen molar-refractivity contribution in [2.24, 2.45) is 5.92 Å². The Kier molecular flexibility index (Phi) is 6.04. The van der Waals surface area contributed by atoms with Gasteiger partial charge in [-0.3, -0.25) is 14.7 Å². The Morgan fingerprint density at radius 3 is 2.65 bits per heavy atom. The summed E-state index contributed by atoms with van der Waals surface area (Å²) in [5.74, 6) is 0.311. The van der Waals surface area contributed by atoms with Gasteiger partial charge in [-0.1, -0.05) is 24.3 Å². The molecule has 4 nitrogen and oxygen atoms in total. The zero-order valence-electron chi connectivity index (χ0n) is 16.0. The fourth-order valence-corrected chi connectivity index (χ4v) is 3.55. The summed E-state index contributed by atoms with van der Waals surface area (Å²) in [5.41, 5.74) is 4.97. The molecule has 4 heteroatoms. The highest BCUT2D eigenvalue weighted by Gasteiger charge is 2.26. The number of benzene rings is 1. The van der Waals surface area contributed by atoms with Gasteiger partial charge in [0.25, 0.3) is 0 Å². The van der Waals surface area contributed by atoms with Crippen LogP contribution in [0.15, 0.2) is 42.7 Å². The molecule has 138 valence electrons. The molecule has 1 aromatic heterocycles. The Bertz CT molecular complexity index is 736. The highest BCUT2D eigenvalue weighted by molar-refractivity contribution is 5.79. The SMILES string of the molecule is Cc1ccc(C(C)NC(=O)C2CCN(Cc3cccnc3)CC2)cc1C. The molecule has 0 radical (unpaired) electrons. The third kappa shape index (κ3) is 4.70. The van der Waals surface area contributed by atoms with Crippen molar-refractivity contribution in [3.05, 3.63) is 65.0 Å². The Hall–Kier alpha value is -2.20. The monoisotopic (exact) mass is 351 g/mol. The van der Waals surface area contributed by atoms with Gasteiger partial charge in [0.2, 0.25) is 5.91 Å². The van der Waals surface area contributed by atoms with Gasteiger partial charge in [0.15, 0.2) is 0 Å². The van der Waals surface area contributed by atoms with E-state index >= 15 is 0 Å². The number of carbonyl (C=O) groups excluding carboxylic acids is 1. The maximum atomic E-state index is 12.7. The normalized spacial score (nSPS) is 17.0. The van der Waals surface area contributed by atoms with E-state index in [0.717, 1.165) is 32.5 Å². The van der Waals surface area contributed by atoms with Crippen molar-refractivity contribution in [1.29, 1.82) is 0 Å². The predicted molar refractivity (Wildman–Crippen MR) is 105 cm³/mol. The fourth-order valence-electron chi connectivity index (χ4n) is 3.55. The average Bonchev–Trinajstić information content (AvgIpc) is 2.65. The van der Waals surface area contributed by atoms with Crippen molar-refractivity contribution in [3.8, 4) is 0 Å². The molecule has 1 fully saturated rings. The van der Waals surface area contributed by atoms with Gasteiger partial charge in [-0.2, -0.15) is 0 Å². The number of rotatable bonds is 5. The van der Waals surface area contributed by atoms with E-state index < -0.39 is 0 Å². The predicted octanol–water partition coefficient (Wildman–Crippen LogP) is 3.79. The highest BCUT2D eigenvalue weighted by atomic mass is 16.1. The fraction of sp³-hybridized carbons (Fsp3) is 0.455. The van der Waals surface area contributed by atoms with Crippen LogP contribution in [0.3, 0.4) is 0 Å². The van der Waals surface area contributed by atoms with Gasteiger partial charge in [0.05, 0.1) is 6.04 Å². The lowest BCUT2D eigenvalue weighted by atomic mass is 9.94. The Balaban J connectivity index is 1.49. The molecule has 1 saturated heterocycles. The molecule has 1 N–H and O–H groups in total. The van der Waals surface area contributed by atoms with Crippen LogP contribution >= 0.6 is 0 Å². The lowest BCUT2D eigenvalue weighted by Gasteiger charge is -2.31. The summed E-state index contributed by atoms with van der Waals surface area (Å²) in [5, 5.41) is 3.21. The van der Waals surface area contributed by atoms with Crippen LogP contribution in [-0.4, -0.2) is 28.9 Å². The smallest absolute Gasteiger partial charge is 0.223 e. The zero-order valence-corrected chi connectivity index (χ0v) is 16.0. The van der Waals surface area contributed by atoms with Crippen molar-refractivity contribution in [2.75, 3.05) is 13.1 Å².